The molecule has 0 fully saturated rings. The molecule has 0 aliphatic carbocycles. The molecule has 0 unspecified atom stereocenters. The second-order valence-electron chi connectivity index (χ2n) is 4.50. The number of H-pyrrole nitrogens is 1. The van der Waals surface area contributed by atoms with E-state index in [4.69, 9.17) is 11.6 Å². The number of hydrogen-bond donors (Lipinski definition) is 1. The first kappa shape index (κ1) is 17.6. The molecule has 0 radical (unpaired) electrons. The van der Waals surface area contributed by atoms with Crippen molar-refractivity contribution in [3.05, 3.63) is 62.5 Å². The largest absolute Gasteiger partial charge is 0.433 e. The highest BCUT2D eigenvalue weighted by molar-refractivity contribution is 7.83. The Kier molecular flexibility index (Phi) is 5.20. The number of rotatable bonds is 4. The zero-order chi connectivity index (χ0) is 17.2. The molecular weight excluding hydrogens is 360 g/mol. The van der Waals surface area contributed by atoms with Gasteiger partial charge in [0.25, 0.3) is 5.56 Å². The minimum absolute atomic E-state index is 0.0122. The Morgan fingerprint density at radius 3 is 2.57 bits per heavy atom. The lowest BCUT2D eigenvalue weighted by atomic mass is 10.2. The quantitative estimate of drug-likeness (QED) is 0.844. The van der Waals surface area contributed by atoms with E-state index in [9.17, 15) is 26.6 Å². The Morgan fingerprint density at radius 2 is 1.96 bits per heavy atom. The van der Waals surface area contributed by atoms with Gasteiger partial charge in [-0.2, -0.15) is 13.2 Å². The van der Waals surface area contributed by atoms with E-state index in [1.54, 1.807) is 0 Å². The van der Waals surface area contributed by atoms with E-state index < -0.39 is 45.6 Å². The van der Waals surface area contributed by atoms with Crippen molar-refractivity contribution in [2.24, 2.45) is 0 Å². The molecule has 0 amide bonds. The van der Waals surface area contributed by atoms with Crippen molar-refractivity contribution in [2.75, 3.05) is 0 Å². The molecular formula is C13H9ClF4N2O2S. The molecule has 1 atom stereocenters. The number of benzene rings is 1. The van der Waals surface area contributed by atoms with E-state index >= 15 is 0 Å². The number of nitrogens with one attached hydrogen (secondary N) is 1. The molecule has 2 aromatic rings. The summed E-state index contributed by atoms with van der Waals surface area (Å²) >= 11 is 5.79. The maximum absolute atomic E-state index is 13.6. The molecule has 0 aliphatic heterocycles. The fourth-order valence-electron chi connectivity index (χ4n) is 1.76. The zero-order valence-electron chi connectivity index (χ0n) is 11.3. The van der Waals surface area contributed by atoms with E-state index in [0.29, 0.717) is 6.07 Å². The second-order valence-corrected chi connectivity index (χ2v) is 6.37. The van der Waals surface area contributed by atoms with E-state index in [1.807, 2.05) is 0 Å². The molecule has 0 aliphatic rings. The summed E-state index contributed by atoms with van der Waals surface area (Å²) in [5, 5.41) is 0.0591. The molecule has 0 saturated carbocycles. The second kappa shape index (κ2) is 6.79. The summed E-state index contributed by atoms with van der Waals surface area (Å²) in [5.41, 5.74) is -2.40. The average Bonchev–Trinajstić information content (AvgIpc) is 2.41. The van der Waals surface area contributed by atoms with Crippen LogP contribution in [0.15, 0.2) is 29.1 Å². The topological polar surface area (TPSA) is 62.8 Å². The van der Waals surface area contributed by atoms with Crippen molar-refractivity contribution >= 4 is 22.4 Å². The standard InChI is InChI=1S/C13H9ClF4N2O2S/c14-8-2-1-3-9(15)7(8)5-23(22)6-11-19-10(13(16,17)18)4-12(21)20-11/h1-4H,5-6H2,(H,19,20,21)/t23-/m1/s1. The van der Waals surface area contributed by atoms with Gasteiger partial charge in [-0.15, -0.1) is 0 Å². The van der Waals surface area contributed by atoms with Gasteiger partial charge >= 0.3 is 6.18 Å². The highest BCUT2D eigenvalue weighted by Gasteiger charge is 2.33. The maximum atomic E-state index is 13.6. The lowest BCUT2D eigenvalue weighted by Crippen LogP contribution is -2.19. The SMILES string of the molecule is O=c1cc(C(F)(F)F)nc(C[S@](=O)Cc2c(F)cccc2Cl)[nH]1. The van der Waals surface area contributed by atoms with Gasteiger partial charge in [0, 0.05) is 27.5 Å². The van der Waals surface area contributed by atoms with Crippen LogP contribution in [0.5, 0.6) is 0 Å². The van der Waals surface area contributed by atoms with Gasteiger partial charge in [-0.25, -0.2) is 9.37 Å². The number of nitrogens with zero attached hydrogens (tertiary/aromatic N) is 1. The van der Waals surface area contributed by atoms with E-state index in [-0.39, 0.29) is 16.3 Å². The van der Waals surface area contributed by atoms with E-state index in [1.165, 1.54) is 12.1 Å². The summed E-state index contributed by atoms with van der Waals surface area (Å²) in [4.78, 5) is 16.5. The normalized spacial score (nSPS) is 13.1. The molecule has 1 aromatic carbocycles. The highest BCUT2D eigenvalue weighted by Crippen LogP contribution is 2.26. The monoisotopic (exact) mass is 368 g/mol. The van der Waals surface area contributed by atoms with Crippen LogP contribution < -0.4 is 5.56 Å². The van der Waals surface area contributed by atoms with Gasteiger partial charge in [0.15, 0.2) is 5.69 Å². The molecule has 1 N–H and O–H groups in total. The third kappa shape index (κ3) is 4.61. The lowest BCUT2D eigenvalue weighted by molar-refractivity contribution is -0.141. The highest BCUT2D eigenvalue weighted by atomic mass is 35.5. The van der Waals surface area contributed by atoms with Crippen molar-refractivity contribution in [1.82, 2.24) is 9.97 Å². The van der Waals surface area contributed by atoms with Gasteiger partial charge in [0.1, 0.15) is 11.6 Å². The molecule has 0 saturated heterocycles. The zero-order valence-corrected chi connectivity index (χ0v) is 12.9. The van der Waals surface area contributed by atoms with Crippen LogP contribution in [0.4, 0.5) is 17.6 Å². The van der Waals surface area contributed by atoms with Crippen molar-refractivity contribution in [3.63, 3.8) is 0 Å². The minimum Gasteiger partial charge on any atom is -0.310 e. The molecule has 1 heterocycles. The Hall–Kier alpha value is -1.74. The molecule has 4 nitrogen and oxygen atoms in total. The average molecular weight is 369 g/mol. The summed E-state index contributed by atoms with van der Waals surface area (Å²) in [5.74, 6) is -1.85. The predicted molar refractivity (Wildman–Crippen MR) is 76.8 cm³/mol. The van der Waals surface area contributed by atoms with Crippen LogP contribution in [0.3, 0.4) is 0 Å². The summed E-state index contributed by atoms with van der Waals surface area (Å²) in [6.45, 7) is 0. The summed E-state index contributed by atoms with van der Waals surface area (Å²) < 4.78 is 63.3. The van der Waals surface area contributed by atoms with Crippen molar-refractivity contribution < 1.29 is 21.8 Å². The Bertz CT molecular complexity index is 787. The third-order valence-corrected chi connectivity index (χ3v) is 4.31. The fourth-order valence-corrected chi connectivity index (χ4v) is 3.22. The molecule has 0 spiro atoms. The Morgan fingerprint density at radius 1 is 1.26 bits per heavy atom. The summed E-state index contributed by atoms with van der Waals surface area (Å²) in [6, 6.07) is 4.21. The number of aromatic nitrogens is 2. The van der Waals surface area contributed by atoms with Crippen molar-refractivity contribution in [1.29, 1.82) is 0 Å². The van der Waals surface area contributed by atoms with Crippen molar-refractivity contribution in [2.45, 2.75) is 17.7 Å². The fraction of sp³-hybridized carbons (Fsp3) is 0.231. The summed E-state index contributed by atoms with van der Waals surface area (Å²) in [7, 11) is -1.81. The molecule has 10 heteroatoms. The Balaban J connectivity index is 2.21. The molecule has 2 rings (SSSR count). The first-order valence-electron chi connectivity index (χ1n) is 6.12. The third-order valence-electron chi connectivity index (χ3n) is 2.75. The van der Waals surface area contributed by atoms with Crippen LogP contribution in [0, 0.1) is 5.82 Å². The van der Waals surface area contributed by atoms with Crippen LogP contribution in [-0.4, -0.2) is 14.2 Å². The van der Waals surface area contributed by atoms with Crippen LogP contribution in [0.25, 0.3) is 0 Å². The van der Waals surface area contributed by atoms with Gasteiger partial charge < -0.3 is 4.98 Å². The lowest BCUT2D eigenvalue weighted by Gasteiger charge is -2.08. The predicted octanol–water partition coefficient (Wildman–Crippen LogP) is 3.03. The smallest absolute Gasteiger partial charge is 0.310 e. The molecule has 124 valence electrons. The van der Waals surface area contributed by atoms with E-state index in [0.717, 1.165) is 6.07 Å². The maximum Gasteiger partial charge on any atom is 0.433 e. The molecule has 1 aromatic heterocycles. The first-order valence-corrected chi connectivity index (χ1v) is 7.98. The van der Waals surface area contributed by atoms with Gasteiger partial charge in [0.05, 0.1) is 11.5 Å². The van der Waals surface area contributed by atoms with E-state index in [2.05, 4.69) is 9.97 Å². The van der Waals surface area contributed by atoms with Crippen LogP contribution in [0.2, 0.25) is 5.02 Å². The van der Waals surface area contributed by atoms with Gasteiger partial charge in [-0.05, 0) is 12.1 Å². The van der Waals surface area contributed by atoms with Gasteiger partial charge in [0.2, 0.25) is 0 Å². The summed E-state index contributed by atoms with van der Waals surface area (Å²) in [6.07, 6.45) is -4.79. The Labute approximate surface area is 135 Å². The number of halogens is 5. The molecule has 0 bridgehead atoms. The van der Waals surface area contributed by atoms with Gasteiger partial charge in [-0.3, -0.25) is 9.00 Å². The number of aromatic amines is 1. The van der Waals surface area contributed by atoms with Crippen molar-refractivity contribution in [3.8, 4) is 0 Å². The first-order chi connectivity index (χ1) is 10.7. The van der Waals surface area contributed by atoms with Crippen LogP contribution in [-0.2, 0) is 28.5 Å². The van der Waals surface area contributed by atoms with Gasteiger partial charge in [-0.1, -0.05) is 17.7 Å². The molecule has 23 heavy (non-hydrogen) atoms. The van der Waals surface area contributed by atoms with Crippen LogP contribution in [0.1, 0.15) is 17.1 Å². The number of hydrogen-bond acceptors (Lipinski definition) is 3. The van der Waals surface area contributed by atoms with Crippen LogP contribution >= 0.6 is 11.6 Å². The number of alkyl halides is 3. The minimum atomic E-state index is -4.79.